The number of carboxylic acid groups (broad SMARTS) is 1. The third-order valence-electron chi connectivity index (χ3n) is 21.7. The third-order valence-corrected chi connectivity index (χ3v) is 21.7. The number of rotatable bonds is 44. The van der Waals surface area contributed by atoms with Gasteiger partial charge in [-0.1, -0.05) is 160 Å². The molecule has 0 spiro atoms. The number of aliphatic carboxylic acids is 1. The minimum Gasteiger partial charge on any atom is -0.481 e. The van der Waals surface area contributed by atoms with Crippen LogP contribution in [-0.4, -0.2) is 211 Å². The molecular formula is C87H123N13O18. The van der Waals surface area contributed by atoms with Crippen molar-refractivity contribution < 1.29 is 86.8 Å². The molecule has 1 saturated heterocycles. The van der Waals surface area contributed by atoms with E-state index in [1.54, 1.807) is 96.5 Å². The van der Waals surface area contributed by atoms with Gasteiger partial charge in [-0.05, 0) is 117 Å². The number of anilines is 2. The number of likely N-dealkylation sites (N-methyl/N-ethyl adjacent to an activating group) is 2. The zero-order valence-corrected chi connectivity index (χ0v) is 70.7. The number of nitrogens with zero attached hydrogens (tertiary/aromatic N) is 4. The average molecular weight is 1640 g/mol. The number of ether oxygens (including phenoxy) is 3. The zero-order valence-electron chi connectivity index (χ0n) is 70.7. The Kier molecular flexibility index (Phi) is 38.1. The smallest absolute Gasteiger partial charge is 0.411 e. The number of urea groups is 1. The van der Waals surface area contributed by atoms with Gasteiger partial charge in [0.2, 0.25) is 59.3 Å². The number of aliphatic hydroxyl groups is 1. The number of carbonyl (C=O) groups is 13. The van der Waals surface area contributed by atoms with E-state index in [2.05, 4.69) is 54.4 Å². The van der Waals surface area contributed by atoms with E-state index in [1.165, 1.54) is 50.4 Å². The molecule has 31 nitrogen and oxygen atoms in total. The first-order valence-electron chi connectivity index (χ1n) is 40.7. The monoisotopic (exact) mass is 1640 g/mol. The van der Waals surface area contributed by atoms with Gasteiger partial charge in [0.25, 0.3) is 5.91 Å². The van der Waals surface area contributed by atoms with Gasteiger partial charge in [-0.25, -0.2) is 9.59 Å². The number of primary amides is 1. The van der Waals surface area contributed by atoms with Crippen LogP contribution in [0.5, 0.6) is 0 Å². The summed E-state index contributed by atoms with van der Waals surface area (Å²) >= 11 is 0. The minimum atomic E-state index is -1.71. The molecular weight excluding hydrogens is 1520 g/mol. The topological polar surface area (TPSA) is 425 Å². The number of carboxylic acids is 1. The fourth-order valence-corrected chi connectivity index (χ4v) is 15.0. The molecule has 0 saturated carbocycles. The Hall–Kier alpha value is -11.0. The molecule has 12 N–H and O–H groups in total. The molecule has 4 aromatic rings. The molecule has 6 rings (SSSR count). The van der Waals surface area contributed by atoms with Crippen molar-refractivity contribution in [1.82, 2.24) is 51.9 Å². The largest absolute Gasteiger partial charge is 0.481 e. The number of amides is 13. The summed E-state index contributed by atoms with van der Waals surface area (Å²) in [6, 6.07) is 20.6. The van der Waals surface area contributed by atoms with Gasteiger partial charge < -0.3 is 87.4 Å². The zero-order chi connectivity index (χ0) is 87.2. The Bertz CT molecular complexity index is 4150. The number of hydrogen-bond donors (Lipinski definition) is 11. The van der Waals surface area contributed by atoms with E-state index < -0.39 is 162 Å². The van der Waals surface area contributed by atoms with Crippen LogP contribution in [0, 0.1) is 41.4 Å². The molecule has 4 aromatic carbocycles. The lowest BCUT2D eigenvalue weighted by molar-refractivity contribution is -0.148. The van der Waals surface area contributed by atoms with Crippen molar-refractivity contribution in [1.29, 1.82) is 0 Å². The maximum absolute atomic E-state index is 15.2. The number of hydrogen-bond acceptors (Lipinski definition) is 17. The lowest BCUT2D eigenvalue weighted by Crippen LogP contribution is -2.60. The lowest BCUT2D eigenvalue weighted by Gasteiger charge is -2.41. The highest BCUT2D eigenvalue weighted by atomic mass is 16.6. The Balaban J connectivity index is 1.21. The Morgan fingerprint density at radius 1 is 0.602 bits per heavy atom. The predicted octanol–water partition coefficient (Wildman–Crippen LogP) is 7.13. The predicted molar refractivity (Wildman–Crippen MR) is 444 cm³/mol. The number of para-hydroxylation sites is 1. The highest BCUT2D eigenvalue weighted by Crippen LogP contribution is 2.33. The highest BCUT2D eigenvalue weighted by Gasteiger charge is 2.45. The highest BCUT2D eigenvalue weighted by molar-refractivity contribution is 6.00. The van der Waals surface area contributed by atoms with Crippen LogP contribution < -0.4 is 53.2 Å². The van der Waals surface area contributed by atoms with Crippen LogP contribution in [0.15, 0.2) is 103 Å². The van der Waals surface area contributed by atoms with Crippen LogP contribution in [0.3, 0.4) is 0 Å². The van der Waals surface area contributed by atoms with E-state index in [-0.39, 0.29) is 80.1 Å². The molecule has 31 heteroatoms. The first kappa shape index (κ1) is 95.9. The Morgan fingerprint density at radius 2 is 1.22 bits per heavy atom. The van der Waals surface area contributed by atoms with E-state index >= 15 is 4.79 Å². The van der Waals surface area contributed by atoms with E-state index in [4.69, 9.17) is 19.9 Å². The Labute approximate surface area is 692 Å². The van der Waals surface area contributed by atoms with E-state index in [0.717, 1.165) is 23.0 Å². The fourth-order valence-electron chi connectivity index (χ4n) is 15.0. The van der Waals surface area contributed by atoms with Gasteiger partial charge in [0.1, 0.15) is 30.2 Å². The summed E-state index contributed by atoms with van der Waals surface area (Å²) in [6.45, 7) is 19.4. The number of benzene rings is 4. The molecule has 1 fully saturated rings. The lowest BCUT2D eigenvalue weighted by atomic mass is 9.89. The second-order valence-corrected chi connectivity index (χ2v) is 31.6. The number of unbranched alkanes of at least 4 members (excludes halogenated alkanes) is 2. The molecule has 118 heavy (non-hydrogen) atoms. The maximum Gasteiger partial charge on any atom is 0.411 e. The number of methoxy groups -OCH3 is 2. The van der Waals surface area contributed by atoms with Crippen molar-refractivity contribution in [2.24, 2.45) is 35.3 Å². The average Bonchev–Trinajstić information content (AvgIpc) is 1.18. The normalized spacial score (nSPS) is 16.3. The first-order chi connectivity index (χ1) is 56.0. The van der Waals surface area contributed by atoms with Crippen molar-refractivity contribution in [3.05, 3.63) is 131 Å². The van der Waals surface area contributed by atoms with E-state index in [1.807, 2.05) is 68.4 Å². The molecule has 1 unspecified atom stereocenters. The molecule has 2 aliphatic heterocycles. The minimum absolute atomic E-state index is 0.00119. The summed E-state index contributed by atoms with van der Waals surface area (Å²) in [5.74, 6) is -3.34. The van der Waals surface area contributed by atoms with Crippen molar-refractivity contribution in [2.45, 2.75) is 233 Å². The quantitative estimate of drug-likeness (QED) is 0.0155. The summed E-state index contributed by atoms with van der Waals surface area (Å²) in [4.78, 5) is 185. The molecule has 2 aliphatic rings. The van der Waals surface area contributed by atoms with Crippen molar-refractivity contribution in [3.63, 3.8) is 0 Å². The first-order valence-corrected chi connectivity index (χ1v) is 40.7. The molecule has 0 bridgehead atoms. The number of carbonyl (C=O) groups excluding carboxylic acids is 12. The van der Waals surface area contributed by atoms with Crippen LogP contribution in [0.1, 0.15) is 193 Å². The second kappa shape index (κ2) is 46.8. The molecule has 13 amide bonds. The molecule has 0 aromatic heterocycles. The number of nitrogens with one attached hydrogen (secondary N) is 8. The van der Waals surface area contributed by atoms with Gasteiger partial charge in [0.15, 0.2) is 0 Å². The SMILES string of the molecule is CC[C@H](C)[C@@H]([C@@H](CC(=O)N1CCC[C@H]1[C@H](OC)[C@@H](C)C(=O)N[C@H](C)[C@@H](O)c1ccccc1)OC)N(C)C(=O)[C@@H](NC(=O)[C@H](C(C)C)N(C)C(=O)OC(C(=O)NCCCCCC(=O)N1Cc2ccccc2C#Cc2ccccc21)c1ccc(NC(=O)[C@H](CCCNC(N)=O)NC(=O)[C@@H](NC(=O)[C@H](CCC(=O)O)NC(C)=O)C(C)C)cc1)C(C)C. The second-order valence-electron chi connectivity index (χ2n) is 31.6. The van der Waals surface area contributed by atoms with Gasteiger partial charge in [-0.3, -0.25) is 57.6 Å². The standard InChI is InChI=1S/C87H123N13O18/c1-16-54(8)75(68(116-14)49-70(103)99-48-28-36-67(99)77(117-15)55(9)79(107)91-56(10)76(106)60-31-19-17-20-32-60)97(12)85(113)73(52(4)5)96-83(111)74(53(6)7)98(13)87(115)118-78(84(112)89-46-26-18-21-37-69(102)100-50-62-33-23-22-29-58(62)38-39-59-30-24-25-35-66(59)100)61-40-42-63(43-41-61)93-80(108)64(34-27-47-90-86(88)114)94-82(110)72(51(2)3)95-81(109)65(92-57(11)101)44-45-71(104)105/h17,19-20,22-25,29-33,35,40-43,51-56,64-65,67-68,72-78,106H,16,18,21,26-28,34,36-37,44-50H2,1-15H3,(H,89,112)(H,91,107)(H,92,101)(H,93,108)(H,94,110)(H,95,109)(H,96,111)(H,104,105)(H3,88,90,114)/t54-,55+,56+,64-,65-,67-,68+,72-,73-,74-,75-,76+,77+,78?/m0/s1. The van der Waals surface area contributed by atoms with Crippen LogP contribution in [-0.2, 0) is 73.5 Å². The van der Waals surface area contributed by atoms with Gasteiger partial charge in [-0.2, -0.15) is 0 Å². The van der Waals surface area contributed by atoms with Crippen LogP contribution in [0.2, 0.25) is 0 Å². The molecule has 644 valence electrons. The van der Waals surface area contributed by atoms with Crippen LogP contribution in [0.25, 0.3) is 0 Å². The number of aliphatic hydroxyl groups excluding tert-OH is 1. The van der Waals surface area contributed by atoms with Gasteiger partial charge in [0.05, 0.1) is 61.0 Å². The molecule has 0 aliphatic carbocycles. The third kappa shape index (κ3) is 27.6. The molecule has 14 atom stereocenters. The van der Waals surface area contributed by atoms with E-state index in [9.17, 15) is 67.7 Å². The number of fused-ring (bicyclic) bond motifs is 2. The number of likely N-dealkylation sites (tertiary alicyclic amines) is 1. The maximum atomic E-state index is 15.2. The summed E-state index contributed by atoms with van der Waals surface area (Å²) in [7, 11) is 5.89. The van der Waals surface area contributed by atoms with Crippen molar-refractivity contribution >= 4 is 88.5 Å². The van der Waals surface area contributed by atoms with Gasteiger partial charge in [0, 0.05) is 90.1 Å². The van der Waals surface area contributed by atoms with E-state index in [0.29, 0.717) is 68.4 Å². The summed E-state index contributed by atoms with van der Waals surface area (Å²) in [5.41, 5.74) is 9.32. The Morgan fingerprint density at radius 3 is 1.84 bits per heavy atom. The van der Waals surface area contributed by atoms with Crippen molar-refractivity contribution in [2.75, 3.05) is 58.2 Å². The summed E-state index contributed by atoms with van der Waals surface area (Å²) in [6.07, 6.45) is -2.98. The van der Waals surface area contributed by atoms with Gasteiger partial charge in [-0.15, -0.1) is 0 Å². The summed E-state index contributed by atoms with van der Waals surface area (Å²) < 4.78 is 18.3. The van der Waals surface area contributed by atoms with Crippen molar-refractivity contribution in [3.8, 4) is 11.8 Å². The molecule has 2 heterocycles. The fraction of sp³-hybridized carbons (Fsp3) is 0.552. The molecule has 0 radical (unpaired) electrons. The van der Waals surface area contributed by atoms with Crippen LogP contribution in [0.4, 0.5) is 21.0 Å². The van der Waals surface area contributed by atoms with Crippen LogP contribution >= 0.6 is 0 Å². The summed E-state index contributed by atoms with van der Waals surface area (Å²) in [5, 5.41) is 42.0. The van der Waals surface area contributed by atoms with Gasteiger partial charge >= 0.3 is 18.1 Å². The number of nitrogens with two attached hydrogens (primary N) is 1.